The van der Waals surface area contributed by atoms with Crippen LogP contribution in [0.1, 0.15) is 51.3 Å². The first kappa shape index (κ1) is 29.1. The zero-order chi connectivity index (χ0) is 29.8. The Labute approximate surface area is 249 Å². The fraction of sp³-hybridized carbons (Fsp3) is 0.303. The number of ether oxygens (including phenoxy) is 3. The number of rotatable bonds is 11. The Hall–Kier alpha value is -4.37. The molecule has 42 heavy (non-hydrogen) atoms. The normalized spacial score (nSPS) is 16.4. The van der Waals surface area contributed by atoms with Gasteiger partial charge in [-0.05, 0) is 86.3 Å². The van der Waals surface area contributed by atoms with Crippen molar-refractivity contribution in [1.82, 2.24) is 4.98 Å². The molecule has 0 spiro atoms. The van der Waals surface area contributed by atoms with E-state index in [2.05, 4.69) is 13.8 Å². The largest absolute Gasteiger partial charge is 0.507 e. The van der Waals surface area contributed by atoms with Gasteiger partial charge in [0.2, 0.25) is 0 Å². The summed E-state index contributed by atoms with van der Waals surface area (Å²) in [4.78, 5) is 33.4. The Morgan fingerprint density at radius 3 is 2.33 bits per heavy atom. The van der Waals surface area contributed by atoms with Crippen LogP contribution in [0.2, 0.25) is 0 Å². The first-order valence-electron chi connectivity index (χ1n) is 14.1. The van der Waals surface area contributed by atoms with Crippen LogP contribution in [0.5, 0.6) is 17.2 Å². The van der Waals surface area contributed by atoms with Gasteiger partial charge in [-0.25, -0.2) is 4.98 Å². The van der Waals surface area contributed by atoms with Gasteiger partial charge in [0.05, 0.1) is 41.7 Å². The molecule has 1 atom stereocenters. The number of carbonyl (C=O) groups is 2. The minimum absolute atomic E-state index is 0.0160. The highest BCUT2D eigenvalue weighted by atomic mass is 32.1. The molecule has 0 aliphatic carbocycles. The Kier molecular flexibility index (Phi) is 8.77. The van der Waals surface area contributed by atoms with Crippen molar-refractivity contribution in [3.8, 4) is 17.2 Å². The van der Waals surface area contributed by atoms with Crippen molar-refractivity contribution in [3.63, 3.8) is 0 Å². The molecule has 1 aliphatic rings. The fourth-order valence-corrected chi connectivity index (χ4v) is 5.84. The quantitative estimate of drug-likeness (QED) is 0.113. The average molecular weight is 587 g/mol. The van der Waals surface area contributed by atoms with Crippen LogP contribution in [0, 0.1) is 5.92 Å². The summed E-state index contributed by atoms with van der Waals surface area (Å²) >= 11 is 1.29. The molecule has 1 amide bonds. The molecule has 1 fully saturated rings. The molecule has 2 heterocycles. The maximum atomic E-state index is 13.7. The van der Waals surface area contributed by atoms with Gasteiger partial charge in [-0.3, -0.25) is 14.5 Å². The van der Waals surface area contributed by atoms with E-state index in [9.17, 15) is 14.7 Å². The molecule has 1 unspecified atom stereocenters. The van der Waals surface area contributed by atoms with Gasteiger partial charge in [-0.1, -0.05) is 37.3 Å². The SMILES string of the molecule is CCOc1ccc(C(O)=C2C(=O)C(=O)N(c3nc4ccc(OCC)cc4s3)C2c2cccc(OCCC(C)C)c2)cc1. The molecule has 1 saturated heterocycles. The van der Waals surface area contributed by atoms with Gasteiger partial charge in [0.25, 0.3) is 5.78 Å². The number of anilines is 1. The van der Waals surface area contributed by atoms with Crippen molar-refractivity contribution < 1.29 is 28.9 Å². The zero-order valence-corrected chi connectivity index (χ0v) is 24.9. The van der Waals surface area contributed by atoms with Crippen LogP contribution in [0.4, 0.5) is 5.13 Å². The van der Waals surface area contributed by atoms with Gasteiger partial charge in [0, 0.05) is 5.56 Å². The molecule has 0 bridgehead atoms. The van der Waals surface area contributed by atoms with Crippen LogP contribution in [0.15, 0.2) is 72.3 Å². The van der Waals surface area contributed by atoms with Crippen LogP contribution in [-0.4, -0.2) is 41.6 Å². The standard InChI is InChI=1S/C33H34N2O6S/c1-5-39-23-12-10-21(11-13-23)30(36)28-29(22-8-7-9-24(18-22)41-17-16-20(3)4)35(32(38)31(28)37)33-34-26-15-14-25(40-6-2)19-27(26)42-33/h7-15,18-20,29,36H,5-6,16-17H2,1-4H3. The van der Waals surface area contributed by atoms with Crippen LogP contribution < -0.4 is 19.1 Å². The minimum atomic E-state index is -0.919. The second-order valence-corrected chi connectivity index (χ2v) is 11.3. The van der Waals surface area contributed by atoms with Crippen molar-refractivity contribution in [2.75, 3.05) is 24.7 Å². The summed E-state index contributed by atoms with van der Waals surface area (Å²) in [5.74, 6) is 0.616. The Morgan fingerprint density at radius 1 is 0.929 bits per heavy atom. The predicted molar refractivity (Wildman–Crippen MR) is 165 cm³/mol. The average Bonchev–Trinajstić information content (AvgIpc) is 3.51. The van der Waals surface area contributed by atoms with Crippen molar-refractivity contribution in [1.29, 1.82) is 0 Å². The van der Waals surface area contributed by atoms with E-state index in [0.29, 0.717) is 64.8 Å². The second kappa shape index (κ2) is 12.7. The highest BCUT2D eigenvalue weighted by Crippen LogP contribution is 2.45. The van der Waals surface area contributed by atoms with E-state index < -0.39 is 17.7 Å². The highest BCUT2D eigenvalue weighted by Gasteiger charge is 2.48. The number of aliphatic hydroxyl groups is 1. The molecule has 9 heteroatoms. The van der Waals surface area contributed by atoms with Gasteiger partial charge >= 0.3 is 5.91 Å². The molecule has 8 nitrogen and oxygen atoms in total. The third-order valence-corrected chi connectivity index (χ3v) is 7.90. The van der Waals surface area contributed by atoms with Crippen molar-refractivity contribution in [2.45, 2.75) is 40.2 Å². The lowest BCUT2D eigenvalue weighted by Crippen LogP contribution is -2.29. The molecule has 1 N–H and O–H groups in total. The molecular weight excluding hydrogens is 552 g/mol. The maximum absolute atomic E-state index is 13.7. The maximum Gasteiger partial charge on any atom is 0.301 e. The monoisotopic (exact) mass is 586 g/mol. The Morgan fingerprint density at radius 2 is 1.62 bits per heavy atom. The predicted octanol–water partition coefficient (Wildman–Crippen LogP) is 7.14. The Bertz CT molecular complexity index is 1630. The zero-order valence-electron chi connectivity index (χ0n) is 24.1. The Balaban J connectivity index is 1.62. The highest BCUT2D eigenvalue weighted by molar-refractivity contribution is 7.22. The van der Waals surface area contributed by atoms with Gasteiger partial charge in [0.1, 0.15) is 23.0 Å². The van der Waals surface area contributed by atoms with Gasteiger partial charge in [-0.2, -0.15) is 0 Å². The van der Waals surface area contributed by atoms with Crippen LogP contribution in [0.25, 0.3) is 16.0 Å². The molecule has 218 valence electrons. The molecule has 5 rings (SSSR count). The van der Waals surface area contributed by atoms with Crippen molar-refractivity contribution in [2.24, 2.45) is 5.92 Å². The molecular formula is C33H34N2O6S. The molecule has 0 radical (unpaired) electrons. The second-order valence-electron chi connectivity index (χ2n) is 10.3. The lowest BCUT2D eigenvalue weighted by molar-refractivity contribution is -0.132. The first-order valence-corrected chi connectivity index (χ1v) is 14.9. The number of carbonyl (C=O) groups excluding carboxylic acids is 2. The van der Waals surface area contributed by atoms with E-state index in [-0.39, 0.29) is 11.3 Å². The topological polar surface area (TPSA) is 98.2 Å². The molecule has 0 saturated carbocycles. The number of aliphatic hydroxyl groups excluding tert-OH is 1. The van der Waals surface area contributed by atoms with Crippen molar-refractivity contribution in [3.05, 3.63) is 83.4 Å². The number of hydrogen-bond acceptors (Lipinski definition) is 8. The first-order chi connectivity index (χ1) is 20.3. The lowest BCUT2D eigenvalue weighted by atomic mass is 9.95. The number of ketones is 1. The molecule has 4 aromatic rings. The van der Waals surface area contributed by atoms with E-state index in [4.69, 9.17) is 19.2 Å². The third kappa shape index (κ3) is 5.97. The molecule has 1 aliphatic heterocycles. The summed E-state index contributed by atoms with van der Waals surface area (Å²) < 4.78 is 18.0. The summed E-state index contributed by atoms with van der Waals surface area (Å²) in [6, 6.07) is 18.7. The number of thiazole rings is 1. The van der Waals surface area contributed by atoms with Crippen molar-refractivity contribution >= 4 is 44.1 Å². The van der Waals surface area contributed by atoms with Gasteiger partial charge < -0.3 is 19.3 Å². The van der Waals surface area contributed by atoms with Crippen LogP contribution in [0.3, 0.4) is 0 Å². The summed E-state index contributed by atoms with van der Waals surface area (Å²) in [5, 5.41) is 11.9. The lowest BCUT2D eigenvalue weighted by Gasteiger charge is -2.23. The van der Waals surface area contributed by atoms with Gasteiger partial charge in [-0.15, -0.1) is 0 Å². The third-order valence-electron chi connectivity index (χ3n) is 6.89. The smallest absolute Gasteiger partial charge is 0.301 e. The van der Waals surface area contributed by atoms with Crippen LogP contribution >= 0.6 is 11.3 Å². The molecule has 1 aromatic heterocycles. The summed E-state index contributed by atoms with van der Waals surface area (Å²) in [5.41, 5.74) is 1.68. The van der Waals surface area contributed by atoms with Crippen LogP contribution in [-0.2, 0) is 9.59 Å². The molecule has 3 aromatic carbocycles. The number of aromatic nitrogens is 1. The summed E-state index contributed by atoms with van der Waals surface area (Å²) in [7, 11) is 0. The van der Waals surface area contributed by atoms with Gasteiger partial charge in [0.15, 0.2) is 5.13 Å². The number of fused-ring (bicyclic) bond motifs is 1. The number of nitrogens with zero attached hydrogens (tertiary/aromatic N) is 2. The van der Waals surface area contributed by atoms with E-state index in [0.717, 1.165) is 11.1 Å². The van der Waals surface area contributed by atoms with E-state index >= 15 is 0 Å². The summed E-state index contributed by atoms with van der Waals surface area (Å²) in [6.07, 6.45) is 0.885. The number of amides is 1. The van der Waals surface area contributed by atoms with E-state index in [1.165, 1.54) is 16.2 Å². The van der Waals surface area contributed by atoms with E-state index in [1.807, 2.05) is 56.3 Å². The van der Waals surface area contributed by atoms with E-state index in [1.54, 1.807) is 24.3 Å². The minimum Gasteiger partial charge on any atom is -0.507 e. The summed E-state index contributed by atoms with van der Waals surface area (Å²) in [6.45, 7) is 9.61. The number of Topliss-reactive ketones (excluding diaryl/α,β-unsaturated/α-hetero) is 1. The number of hydrogen-bond donors (Lipinski definition) is 1. The fourth-order valence-electron chi connectivity index (χ4n) is 4.82. The number of benzene rings is 3.